The number of nitrogens with one attached hydrogen (secondary N) is 1. The van der Waals surface area contributed by atoms with Crippen LogP contribution in [0, 0.1) is 19.7 Å². The molecule has 1 N–H and O–H groups in total. The number of hydrogen-bond acceptors (Lipinski definition) is 2. The maximum atomic E-state index is 14.5. The van der Waals surface area contributed by atoms with Gasteiger partial charge in [0.15, 0.2) is 0 Å². The van der Waals surface area contributed by atoms with Crippen molar-refractivity contribution >= 4 is 15.9 Å². The van der Waals surface area contributed by atoms with E-state index < -0.39 is 0 Å². The summed E-state index contributed by atoms with van der Waals surface area (Å²) < 4.78 is 15.4. The smallest absolute Gasteiger partial charge is 0.128 e. The third-order valence-corrected chi connectivity index (χ3v) is 3.86. The molecule has 0 spiro atoms. The van der Waals surface area contributed by atoms with E-state index in [0.717, 1.165) is 34.1 Å². The number of nitrogens with zero attached hydrogens (tertiary/aromatic N) is 1. The lowest BCUT2D eigenvalue weighted by molar-refractivity contribution is 0.542. The van der Waals surface area contributed by atoms with Crippen molar-refractivity contribution in [1.82, 2.24) is 10.3 Å². The monoisotopic (exact) mass is 350 g/mol. The second kappa shape index (κ2) is 7.14. The molecule has 0 radical (unpaired) electrons. The van der Waals surface area contributed by atoms with Crippen molar-refractivity contribution in [2.24, 2.45) is 0 Å². The molecule has 1 unspecified atom stereocenters. The molecule has 2 rings (SSSR count). The molecule has 1 aromatic carbocycles. The van der Waals surface area contributed by atoms with Crippen LogP contribution in [0.5, 0.6) is 0 Å². The van der Waals surface area contributed by atoms with Crippen LogP contribution in [-0.4, -0.2) is 11.5 Å². The molecular weight excluding hydrogens is 331 g/mol. The Kier molecular flexibility index (Phi) is 5.48. The Morgan fingerprint density at radius 3 is 2.62 bits per heavy atom. The maximum absolute atomic E-state index is 14.5. The first-order chi connectivity index (χ1) is 10.0. The number of rotatable bonds is 5. The van der Waals surface area contributed by atoms with Crippen molar-refractivity contribution in [3.63, 3.8) is 0 Å². The van der Waals surface area contributed by atoms with E-state index >= 15 is 0 Å². The van der Waals surface area contributed by atoms with Gasteiger partial charge in [-0.05, 0) is 71.6 Å². The Bertz CT molecular complexity index is 605. The van der Waals surface area contributed by atoms with Crippen molar-refractivity contribution < 1.29 is 4.39 Å². The zero-order valence-corrected chi connectivity index (χ0v) is 14.2. The topological polar surface area (TPSA) is 24.9 Å². The van der Waals surface area contributed by atoms with Crippen LogP contribution in [0.15, 0.2) is 35.1 Å². The summed E-state index contributed by atoms with van der Waals surface area (Å²) in [4.78, 5) is 4.21. The van der Waals surface area contributed by atoms with Gasteiger partial charge in [-0.25, -0.2) is 4.39 Å². The van der Waals surface area contributed by atoms with Crippen LogP contribution in [0.3, 0.4) is 0 Å². The number of halogens is 2. The molecule has 1 aromatic heterocycles. The molecule has 2 aromatic rings. The van der Waals surface area contributed by atoms with Gasteiger partial charge in [0.05, 0.1) is 6.04 Å². The Hall–Kier alpha value is -1.26. The molecule has 0 saturated carbocycles. The van der Waals surface area contributed by atoms with E-state index in [4.69, 9.17) is 0 Å². The largest absolute Gasteiger partial charge is 0.306 e. The second-order valence-corrected chi connectivity index (χ2v) is 6.22. The van der Waals surface area contributed by atoms with Gasteiger partial charge in [-0.15, -0.1) is 0 Å². The van der Waals surface area contributed by atoms with Gasteiger partial charge in [0.2, 0.25) is 0 Å². The van der Waals surface area contributed by atoms with Gasteiger partial charge in [0.1, 0.15) is 5.82 Å². The molecule has 0 aliphatic carbocycles. The summed E-state index contributed by atoms with van der Waals surface area (Å²) in [5.41, 5.74) is 3.56. The van der Waals surface area contributed by atoms with E-state index in [1.807, 2.05) is 26.0 Å². The molecule has 4 heteroatoms. The van der Waals surface area contributed by atoms with Crippen LogP contribution >= 0.6 is 15.9 Å². The minimum absolute atomic E-state index is 0.166. The molecule has 0 aliphatic rings. The lowest BCUT2D eigenvalue weighted by atomic mass is 9.94. The molecule has 0 fully saturated rings. The summed E-state index contributed by atoms with van der Waals surface area (Å²) in [5.74, 6) is -0.166. The molecule has 112 valence electrons. The Morgan fingerprint density at radius 1 is 1.24 bits per heavy atom. The highest BCUT2D eigenvalue weighted by Gasteiger charge is 2.20. The predicted molar refractivity (Wildman–Crippen MR) is 87.9 cm³/mol. The van der Waals surface area contributed by atoms with Gasteiger partial charge in [0.25, 0.3) is 0 Å². The maximum Gasteiger partial charge on any atom is 0.128 e. The van der Waals surface area contributed by atoms with Gasteiger partial charge < -0.3 is 5.32 Å². The summed E-state index contributed by atoms with van der Waals surface area (Å²) in [6, 6.07) is 5.41. The molecule has 0 amide bonds. The van der Waals surface area contributed by atoms with Crippen molar-refractivity contribution in [2.45, 2.75) is 33.2 Å². The number of pyridine rings is 1. The summed E-state index contributed by atoms with van der Waals surface area (Å²) >= 11 is 3.44. The molecule has 2 nitrogen and oxygen atoms in total. The molecule has 1 heterocycles. The predicted octanol–water partition coefficient (Wildman–Crippen LogP) is 4.69. The first-order valence-corrected chi connectivity index (χ1v) is 7.92. The molecule has 0 saturated heterocycles. The zero-order valence-electron chi connectivity index (χ0n) is 12.6. The van der Waals surface area contributed by atoms with E-state index in [1.165, 1.54) is 0 Å². The third kappa shape index (κ3) is 3.89. The number of hydrogen-bond donors (Lipinski definition) is 1. The molecule has 1 atom stereocenters. The molecular formula is C17H20BrFN2. The summed E-state index contributed by atoms with van der Waals surface area (Å²) in [7, 11) is 0. The first kappa shape index (κ1) is 16.1. The second-order valence-electron chi connectivity index (χ2n) is 5.30. The fourth-order valence-electron chi connectivity index (χ4n) is 2.55. The van der Waals surface area contributed by atoms with Gasteiger partial charge >= 0.3 is 0 Å². The van der Waals surface area contributed by atoms with Crippen LogP contribution in [-0.2, 0) is 0 Å². The van der Waals surface area contributed by atoms with Gasteiger partial charge in [0, 0.05) is 22.4 Å². The van der Waals surface area contributed by atoms with Crippen molar-refractivity contribution in [3.05, 3.63) is 63.1 Å². The van der Waals surface area contributed by atoms with Gasteiger partial charge in [-0.1, -0.05) is 13.0 Å². The SMILES string of the molecule is CCCNC(c1cncc(Br)c1)c1c(C)cc(C)cc1F. The van der Waals surface area contributed by atoms with E-state index in [-0.39, 0.29) is 11.9 Å². The Labute approximate surface area is 133 Å². The van der Waals surface area contributed by atoms with Crippen LogP contribution < -0.4 is 5.32 Å². The van der Waals surface area contributed by atoms with E-state index in [9.17, 15) is 4.39 Å². The van der Waals surface area contributed by atoms with Crippen LogP contribution in [0.2, 0.25) is 0 Å². The molecule has 0 aliphatic heterocycles. The van der Waals surface area contributed by atoms with Crippen molar-refractivity contribution in [2.75, 3.05) is 6.54 Å². The number of aromatic nitrogens is 1. The summed E-state index contributed by atoms with van der Waals surface area (Å²) in [6.07, 6.45) is 4.51. The average Bonchev–Trinajstić information content (AvgIpc) is 2.41. The molecule has 21 heavy (non-hydrogen) atoms. The Balaban J connectivity index is 2.50. The molecule has 0 bridgehead atoms. The van der Waals surface area contributed by atoms with Crippen molar-refractivity contribution in [3.8, 4) is 0 Å². The quantitative estimate of drug-likeness (QED) is 0.845. The summed E-state index contributed by atoms with van der Waals surface area (Å²) in [5, 5.41) is 3.43. The fourth-order valence-corrected chi connectivity index (χ4v) is 2.94. The minimum Gasteiger partial charge on any atom is -0.306 e. The van der Waals surface area contributed by atoms with Crippen molar-refractivity contribution in [1.29, 1.82) is 0 Å². The van der Waals surface area contributed by atoms with E-state index in [0.29, 0.717) is 5.56 Å². The highest BCUT2D eigenvalue weighted by atomic mass is 79.9. The average molecular weight is 351 g/mol. The zero-order chi connectivity index (χ0) is 15.4. The van der Waals surface area contributed by atoms with Gasteiger partial charge in [-0.2, -0.15) is 0 Å². The Morgan fingerprint density at radius 2 is 2.00 bits per heavy atom. The highest BCUT2D eigenvalue weighted by molar-refractivity contribution is 9.10. The third-order valence-electron chi connectivity index (χ3n) is 3.43. The lowest BCUT2D eigenvalue weighted by Crippen LogP contribution is -2.25. The fraction of sp³-hybridized carbons (Fsp3) is 0.353. The number of aryl methyl sites for hydroxylation is 2. The van der Waals surface area contributed by atoms with E-state index in [2.05, 4.69) is 33.2 Å². The van der Waals surface area contributed by atoms with E-state index in [1.54, 1.807) is 18.5 Å². The highest BCUT2D eigenvalue weighted by Crippen LogP contribution is 2.29. The standard InChI is InChI=1S/C17H20BrFN2/c1-4-5-21-17(13-8-14(18)10-20-9-13)16-12(3)6-11(2)7-15(16)19/h6-10,17,21H,4-5H2,1-3H3. The van der Waals surface area contributed by atoms with Crippen LogP contribution in [0.4, 0.5) is 4.39 Å². The minimum atomic E-state index is -0.185. The lowest BCUT2D eigenvalue weighted by Gasteiger charge is -2.22. The normalized spacial score (nSPS) is 12.4. The van der Waals surface area contributed by atoms with Crippen LogP contribution in [0.25, 0.3) is 0 Å². The summed E-state index contributed by atoms with van der Waals surface area (Å²) in [6.45, 7) is 6.79. The first-order valence-electron chi connectivity index (χ1n) is 7.13. The van der Waals surface area contributed by atoms with Gasteiger partial charge in [-0.3, -0.25) is 4.98 Å². The van der Waals surface area contributed by atoms with Crippen LogP contribution in [0.1, 0.15) is 41.6 Å². The number of benzene rings is 1.